The molecule has 3 aromatic heterocycles. The molecule has 1 aliphatic rings. The average molecular weight is 342 g/mol. The average Bonchev–Trinajstić information content (AvgIpc) is 2.92. The summed E-state index contributed by atoms with van der Waals surface area (Å²) in [6, 6.07) is 5.66. The van der Waals surface area contributed by atoms with Gasteiger partial charge in [-0.2, -0.15) is 4.98 Å². The van der Waals surface area contributed by atoms with E-state index in [2.05, 4.69) is 19.8 Å². The number of hydrogen-bond acceptors (Lipinski definition) is 5. The van der Waals surface area contributed by atoms with E-state index in [9.17, 15) is 4.21 Å². The highest BCUT2D eigenvalue weighted by Crippen LogP contribution is 2.26. The zero-order valence-electron chi connectivity index (χ0n) is 13.1. The Labute approximate surface area is 141 Å². The van der Waals surface area contributed by atoms with Gasteiger partial charge in [-0.3, -0.25) is 4.98 Å². The number of nitrogens with zero attached hydrogens (tertiary/aromatic N) is 4. The molecule has 124 valence electrons. The maximum absolute atomic E-state index is 12.4. The van der Waals surface area contributed by atoms with Crippen LogP contribution in [0.15, 0.2) is 41.7 Å². The number of anilines is 1. The van der Waals surface area contributed by atoms with Crippen LogP contribution in [-0.2, 0) is 11.0 Å². The van der Waals surface area contributed by atoms with Crippen LogP contribution in [0.1, 0.15) is 19.3 Å². The van der Waals surface area contributed by atoms with E-state index >= 15 is 0 Å². The fourth-order valence-electron chi connectivity index (χ4n) is 2.72. The summed E-state index contributed by atoms with van der Waals surface area (Å²) in [6.45, 7) is 0.793. The van der Waals surface area contributed by atoms with Gasteiger partial charge in [-0.25, -0.2) is 13.4 Å². The third-order valence-corrected chi connectivity index (χ3v) is 5.42. The molecule has 3 heterocycles. The number of nitrogens with two attached hydrogens (primary N) is 1. The minimum atomic E-state index is -1.25. The molecule has 0 aromatic carbocycles. The predicted molar refractivity (Wildman–Crippen MR) is 92.4 cm³/mol. The Hall–Kier alpha value is -2.32. The molecule has 3 N–H and O–H groups in total. The maximum Gasteiger partial charge on any atom is 0.240 e. The van der Waals surface area contributed by atoms with Gasteiger partial charge >= 0.3 is 0 Å². The second-order valence-electron chi connectivity index (χ2n) is 6.01. The first-order valence-corrected chi connectivity index (χ1v) is 9.06. The van der Waals surface area contributed by atoms with Crippen molar-refractivity contribution in [3.8, 4) is 11.1 Å². The lowest BCUT2D eigenvalue weighted by atomic mass is 9.86. The first-order valence-electron chi connectivity index (χ1n) is 7.91. The highest BCUT2D eigenvalue weighted by atomic mass is 32.2. The standard InChI is InChI=1S/C16H18N6OS/c17-16-20-15-5-4-12(10-22(15)21-16)13-6-14(9-18-8-13)24(23)19-7-11-2-1-3-11/h4-6,8-11,19H,1-3,7H2,(H2,17,21). The van der Waals surface area contributed by atoms with E-state index in [4.69, 9.17) is 5.73 Å². The number of pyridine rings is 2. The van der Waals surface area contributed by atoms with Crippen LogP contribution >= 0.6 is 0 Å². The van der Waals surface area contributed by atoms with Crippen molar-refractivity contribution in [2.24, 2.45) is 5.92 Å². The molecule has 1 fully saturated rings. The van der Waals surface area contributed by atoms with Crippen LogP contribution in [0.2, 0.25) is 0 Å². The molecule has 3 aromatic rings. The van der Waals surface area contributed by atoms with Gasteiger partial charge in [-0.05, 0) is 37.0 Å². The van der Waals surface area contributed by atoms with Crippen molar-refractivity contribution >= 4 is 22.6 Å². The Kier molecular flexibility index (Phi) is 3.99. The Balaban J connectivity index is 1.57. The number of rotatable bonds is 5. The van der Waals surface area contributed by atoms with Gasteiger partial charge in [0.25, 0.3) is 0 Å². The Morgan fingerprint density at radius 3 is 2.96 bits per heavy atom. The molecule has 0 radical (unpaired) electrons. The van der Waals surface area contributed by atoms with Crippen molar-refractivity contribution < 1.29 is 4.21 Å². The molecular formula is C16H18N6OS. The molecular weight excluding hydrogens is 324 g/mol. The molecule has 1 unspecified atom stereocenters. The summed E-state index contributed by atoms with van der Waals surface area (Å²) in [6.07, 6.45) is 8.95. The van der Waals surface area contributed by atoms with Gasteiger partial charge in [0, 0.05) is 36.3 Å². The van der Waals surface area contributed by atoms with Crippen LogP contribution in [0, 0.1) is 5.92 Å². The summed E-state index contributed by atoms with van der Waals surface area (Å²) >= 11 is 0. The molecule has 0 bridgehead atoms. The second-order valence-corrected chi connectivity index (χ2v) is 7.31. The zero-order valence-corrected chi connectivity index (χ0v) is 13.9. The lowest BCUT2D eigenvalue weighted by molar-refractivity contribution is 0.318. The molecule has 0 spiro atoms. The topological polar surface area (TPSA) is 98.2 Å². The van der Waals surface area contributed by atoms with E-state index in [0.717, 1.165) is 17.7 Å². The van der Waals surface area contributed by atoms with Gasteiger partial charge in [0.2, 0.25) is 5.95 Å². The van der Waals surface area contributed by atoms with E-state index in [1.807, 2.05) is 24.4 Å². The van der Waals surface area contributed by atoms with Crippen molar-refractivity contribution in [1.82, 2.24) is 24.3 Å². The van der Waals surface area contributed by atoms with Gasteiger partial charge in [0.15, 0.2) is 5.65 Å². The van der Waals surface area contributed by atoms with Crippen molar-refractivity contribution in [2.75, 3.05) is 12.3 Å². The summed E-state index contributed by atoms with van der Waals surface area (Å²) in [4.78, 5) is 9.00. The quantitative estimate of drug-likeness (QED) is 0.736. The van der Waals surface area contributed by atoms with Gasteiger partial charge in [-0.1, -0.05) is 6.42 Å². The highest BCUT2D eigenvalue weighted by Gasteiger charge is 2.18. The number of aromatic nitrogens is 4. The van der Waals surface area contributed by atoms with Crippen molar-refractivity contribution in [3.63, 3.8) is 0 Å². The van der Waals surface area contributed by atoms with Gasteiger partial charge in [0.05, 0.1) is 4.90 Å². The van der Waals surface area contributed by atoms with E-state index in [1.165, 1.54) is 19.3 Å². The van der Waals surface area contributed by atoms with Gasteiger partial charge < -0.3 is 5.73 Å². The van der Waals surface area contributed by atoms with Crippen LogP contribution in [0.25, 0.3) is 16.8 Å². The van der Waals surface area contributed by atoms with Crippen LogP contribution in [0.4, 0.5) is 5.95 Å². The Morgan fingerprint density at radius 1 is 1.29 bits per heavy atom. The summed E-state index contributed by atoms with van der Waals surface area (Å²) in [5.74, 6) is 0.894. The fourth-order valence-corrected chi connectivity index (χ4v) is 3.67. The number of nitrogen functional groups attached to an aromatic ring is 1. The van der Waals surface area contributed by atoms with E-state index < -0.39 is 11.0 Å². The largest absolute Gasteiger partial charge is 0.366 e. The lowest BCUT2D eigenvalue weighted by Gasteiger charge is -2.25. The van der Waals surface area contributed by atoms with Crippen molar-refractivity contribution in [2.45, 2.75) is 24.2 Å². The van der Waals surface area contributed by atoms with E-state index in [0.29, 0.717) is 16.5 Å². The first-order chi connectivity index (χ1) is 11.7. The van der Waals surface area contributed by atoms with Crippen LogP contribution in [-0.4, -0.2) is 30.3 Å². The third-order valence-electron chi connectivity index (χ3n) is 4.34. The van der Waals surface area contributed by atoms with Crippen molar-refractivity contribution in [1.29, 1.82) is 0 Å². The molecule has 24 heavy (non-hydrogen) atoms. The predicted octanol–water partition coefficient (Wildman–Crippen LogP) is 1.79. The van der Waals surface area contributed by atoms with Gasteiger partial charge in [-0.15, -0.1) is 5.10 Å². The molecule has 0 saturated heterocycles. The van der Waals surface area contributed by atoms with Crippen molar-refractivity contribution in [3.05, 3.63) is 36.8 Å². The number of nitrogens with one attached hydrogen (secondary N) is 1. The number of hydrogen-bond donors (Lipinski definition) is 2. The lowest BCUT2D eigenvalue weighted by Crippen LogP contribution is -2.28. The monoisotopic (exact) mass is 342 g/mol. The van der Waals surface area contributed by atoms with Gasteiger partial charge in [0.1, 0.15) is 11.0 Å². The third kappa shape index (κ3) is 3.02. The van der Waals surface area contributed by atoms with Crippen LogP contribution in [0.5, 0.6) is 0 Å². The smallest absolute Gasteiger partial charge is 0.240 e. The summed E-state index contributed by atoms with van der Waals surface area (Å²) < 4.78 is 17.1. The highest BCUT2D eigenvalue weighted by molar-refractivity contribution is 7.83. The summed E-state index contributed by atoms with van der Waals surface area (Å²) in [5.41, 5.74) is 8.09. The molecule has 7 nitrogen and oxygen atoms in total. The number of fused-ring (bicyclic) bond motifs is 1. The van der Waals surface area contributed by atoms with E-state index in [-0.39, 0.29) is 5.95 Å². The molecule has 1 atom stereocenters. The minimum Gasteiger partial charge on any atom is -0.366 e. The zero-order chi connectivity index (χ0) is 16.5. The van der Waals surface area contributed by atoms with E-state index in [1.54, 1.807) is 16.9 Å². The first kappa shape index (κ1) is 15.2. The molecule has 1 aliphatic carbocycles. The summed E-state index contributed by atoms with van der Waals surface area (Å²) in [7, 11) is -1.25. The molecule has 0 amide bonds. The molecule has 1 saturated carbocycles. The Morgan fingerprint density at radius 2 is 2.17 bits per heavy atom. The van der Waals surface area contributed by atoms with Crippen LogP contribution in [0.3, 0.4) is 0 Å². The normalized spacial score (nSPS) is 16.2. The van der Waals surface area contributed by atoms with Crippen LogP contribution < -0.4 is 10.5 Å². The summed E-state index contributed by atoms with van der Waals surface area (Å²) in [5, 5.41) is 4.11. The SMILES string of the molecule is Nc1nc2ccc(-c3cncc(S(=O)NCC4CCC4)c3)cn2n1. The maximum atomic E-state index is 12.4. The minimum absolute atomic E-state index is 0.236. The molecule has 4 rings (SSSR count). The second kappa shape index (κ2) is 6.29. The Bertz CT molecular complexity index is 904. The molecule has 8 heteroatoms. The molecule has 0 aliphatic heterocycles. The fraction of sp³-hybridized carbons (Fsp3) is 0.312.